The van der Waals surface area contributed by atoms with Gasteiger partial charge in [-0.05, 0) is 38.9 Å². The number of nitrogens with zero attached hydrogens (tertiary/aromatic N) is 1. The highest BCUT2D eigenvalue weighted by atomic mass is 16.5. The first-order valence-electron chi connectivity index (χ1n) is 5.81. The van der Waals surface area contributed by atoms with Gasteiger partial charge in [-0.1, -0.05) is 6.92 Å². The fourth-order valence-corrected chi connectivity index (χ4v) is 1.99. The van der Waals surface area contributed by atoms with Crippen molar-refractivity contribution < 1.29 is 4.74 Å². The summed E-state index contributed by atoms with van der Waals surface area (Å²) in [4.78, 5) is 2.46. The number of methoxy groups -OCH3 is 1. The highest BCUT2D eigenvalue weighted by molar-refractivity contribution is 4.75. The fourth-order valence-electron chi connectivity index (χ4n) is 1.99. The molecule has 1 unspecified atom stereocenters. The summed E-state index contributed by atoms with van der Waals surface area (Å²) in [6, 6.07) is 0.770. The zero-order valence-corrected chi connectivity index (χ0v) is 9.59. The molecular weight excluding hydrogens is 176 g/mol. The van der Waals surface area contributed by atoms with Gasteiger partial charge in [0.1, 0.15) is 0 Å². The molecule has 84 valence electrons. The van der Waals surface area contributed by atoms with Crippen molar-refractivity contribution >= 4 is 0 Å². The summed E-state index contributed by atoms with van der Waals surface area (Å²) >= 11 is 0. The van der Waals surface area contributed by atoms with Crippen LogP contribution >= 0.6 is 0 Å². The lowest BCUT2D eigenvalue weighted by Gasteiger charge is -2.21. The van der Waals surface area contributed by atoms with Gasteiger partial charge in [-0.3, -0.25) is 0 Å². The Morgan fingerprint density at radius 1 is 1.43 bits per heavy atom. The molecule has 1 aliphatic rings. The number of ether oxygens (including phenoxy) is 1. The molecule has 0 radical (unpaired) electrons. The van der Waals surface area contributed by atoms with Crippen LogP contribution < -0.4 is 5.32 Å². The number of hydrogen-bond donors (Lipinski definition) is 1. The van der Waals surface area contributed by atoms with Gasteiger partial charge in [-0.15, -0.1) is 0 Å². The predicted molar refractivity (Wildman–Crippen MR) is 59.6 cm³/mol. The number of rotatable bonds is 7. The van der Waals surface area contributed by atoms with Gasteiger partial charge in [0.25, 0.3) is 0 Å². The zero-order chi connectivity index (χ0) is 10.2. The van der Waals surface area contributed by atoms with Gasteiger partial charge in [0.05, 0.1) is 6.61 Å². The SMILES string of the molecule is CCN(CCOC)CCC1CCCN1. The van der Waals surface area contributed by atoms with Crippen molar-refractivity contribution in [2.45, 2.75) is 32.2 Å². The summed E-state index contributed by atoms with van der Waals surface area (Å²) in [6.07, 6.45) is 4.01. The molecule has 1 rings (SSSR count). The van der Waals surface area contributed by atoms with E-state index in [1.54, 1.807) is 7.11 Å². The fraction of sp³-hybridized carbons (Fsp3) is 1.00. The van der Waals surface area contributed by atoms with E-state index in [-0.39, 0.29) is 0 Å². The summed E-state index contributed by atoms with van der Waals surface area (Å²) in [5, 5.41) is 3.53. The third-order valence-corrected chi connectivity index (χ3v) is 3.02. The molecule has 1 aliphatic heterocycles. The van der Waals surface area contributed by atoms with E-state index in [2.05, 4.69) is 17.1 Å². The summed E-state index contributed by atoms with van der Waals surface area (Å²) < 4.78 is 5.09. The standard InChI is InChI=1S/C11H24N2O/c1-3-13(9-10-14-2)8-6-11-5-4-7-12-11/h11-12H,3-10H2,1-2H3. The Morgan fingerprint density at radius 3 is 2.86 bits per heavy atom. The molecule has 0 aliphatic carbocycles. The molecule has 0 saturated carbocycles. The monoisotopic (exact) mass is 200 g/mol. The maximum absolute atomic E-state index is 5.09. The normalized spacial score (nSPS) is 22.1. The summed E-state index contributed by atoms with van der Waals surface area (Å²) in [7, 11) is 1.77. The van der Waals surface area contributed by atoms with Crippen molar-refractivity contribution in [2.75, 3.05) is 39.9 Å². The number of nitrogens with one attached hydrogen (secondary N) is 1. The molecule has 1 fully saturated rings. The Hall–Kier alpha value is -0.120. The molecule has 1 atom stereocenters. The lowest BCUT2D eigenvalue weighted by molar-refractivity contribution is 0.148. The first-order valence-corrected chi connectivity index (χ1v) is 5.81. The summed E-state index contributed by atoms with van der Waals surface area (Å²) in [5.41, 5.74) is 0. The average molecular weight is 200 g/mol. The van der Waals surface area contributed by atoms with Crippen molar-refractivity contribution in [2.24, 2.45) is 0 Å². The van der Waals surface area contributed by atoms with E-state index < -0.39 is 0 Å². The van der Waals surface area contributed by atoms with Crippen LogP contribution in [0, 0.1) is 0 Å². The second-order valence-electron chi connectivity index (χ2n) is 4.01. The Morgan fingerprint density at radius 2 is 2.29 bits per heavy atom. The van der Waals surface area contributed by atoms with Gasteiger partial charge in [-0.2, -0.15) is 0 Å². The molecule has 0 spiro atoms. The first-order chi connectivity index (χ1) is 6.86. The van der Waals surface area contributed by atoms with Crippen LogP contribution in [0.15, 0.2) is 0 Å². The second kappa shape index (κ2) is 7.21. The van der Waals surface area contributed by atoms with E-state index in [0.29, 0.717) is 0 Å². The van der Waals surface area contributed by atoms with Gasteiger partial charge in [0.2, 0.25) is 0 Å². The van der Waals surface area contributed by atoms with Crippen molar-refractivity contribution in [3.8, 4) is 0 Å². The Kier molecular flexibility index (Phi) is 6.15. The minimum atomic E-state index is 0.770. The van der Waals surface area contributed by atoms with Crippen LogP contribution in [0.5, 0.6) is 0 Å². The molecule has 0 amide bonds. The van der Waals surface area contributed by atoms with Gasteiger partial charge in [0, 0.05) is 19.7 Å². The van der Waals surface area contributed by atoms with Crippen LogP contribution in [0.2, 0.25) is 0 Å². The quantitative estimate of drug-likeness (QED) is 0.666. The smallest absolute Gasteiger partial charge is 0.0589 e. The molecule has 3 heteroatoms. The maximum Gasteiger partial charge on any atom is 0.0589 e. The molecule has 3 nitrogen and oxygen atoms in total. The van der Waals surface area contributed by atoms with Crippen LogP contribution in [0.1, 0.15) is 26.2 Å². The highest BCUT2D eigenvalue weighted by Gasteiger charge is 2.14. The Labute approximate surface area is 87.8 Å². The van der Waals surface area contributed by atoms with Crippen molar-refractivity contribution in [1.29, 1.82) is 0 Å². The van der Waals surface area contributed by atoms with E-state index in [0.717, 1.165) is 25.7 Å². The van der Waals surface area contributed by atoms with Crippen LogP contribution in [-0.2, 0) is 4.74 Å². The molecule has 1 heterocycles. The van der Waals surface area contributed by atoms with Crippen molar-refractivity contribution in [1.82, 2.24) is 10.2 Å². The van der Waals surface area contributed by atoms with E-state index >= 15 is 0 Å². The Balaban J connectivity index is 2.06. The number of likely N-dealkylation sites (N-methyl/N-ethyl adjacent to an activating group) is 1. The highest BCUT2D eigenvalue weighted by Crippen LogP contribution is 2.09. The Bertz CT molecular complexity index is 135. The van der Waals surface area contributed by atoms with Crippen LogP contribution in [0.3, 0.4) is 0 Å². The minimum Gasteiger partial charge on any atom is -0.383 e. The van der Waals surface area contributed by atoms with Gasteiger partial charge >= 0.3 is 0 Å². The molecule has 0 aromatic heterocycles. The predicted octanol–water partition coefficient (Wildman–Crippen LogP) is 1.10. The van der Waals surface area contributed by atoms with Gasteiger partial charge in [-0.25, -0.2) is 0 Å². The van der Waals surface area contributed by atoms with Crippen molar-refractivity contribution in [3.63, 3.8) is 0 Å². The third kappa shape index (κ3) is 4.40. The molecular formula is C11H24N2O. The second-order valence-corrected chi connectivity index (χ2v) is 4.01. The topological polar surface area (TPSA) is 24.5 Å². The zero-order valence-electron chi connectivity index (χ0n) is 9.59. The van der Waals surface area contributed by atoms with Crippen LogP contribution in [-0.4, -0.2) is 50.8 Å². The molecule has 14 heavy (non-hydrogen) atoms. The molecule has 0 bridgehead atoms. The van der Waals surface area contributed by atoms with Gasteiger partial charge in [0.15, 0.2) is 0 Å². The average Bonchev–Trinajstić information content (AvgIpc) is 2.71. The number of hydrogen-bond acceptors (Lipinski definition) is 3. The summed E-state index contributed by atoms with van der Waals surface area (Å²) in [6.45, 7) is 7.70. The molecule has 1 N–H and O–H groups in total. The van der Waals surface area contributed by atoms with E-state index in [1.165, 1.54) is 32.4 Å². The molecule has 0 aromatic carbocycles. The van der Waals surface area contributed by atoms with E-state index in [1.807, 2.05) is 0 Å². The summed E-state index contributed by atoms with van der Waals surface area (Å²) in [5.74, 6) is 0. The maximum atomic E-state index is 5.09. The van der Waals surface area contributed by atoms with E-state index in [4.69, 9.17) is 4.74 Å². The van der Waals surface area contributed by atoms with Gasteiger partial charge < -0.3 is 15.0 Å². The van der Waals surface area contributed by atoms with Crippen LogP contribution in [0.25, 0.3) is 0 Å². The lowest BCUT2D eigenvalue weighted by Crippen LogP contribution is -2.32. The minimum absolute atomic E-state index is 0.770. The largest absolute Gasteiger partial charge is 0.383 e. The molecule has 1 saturated heterocycles. The van der Waals surface area contributed by atoms with Crippen molar-refractivity contribution in [3.05, 3.63) is 0 Å². The van der Waals surface area contributed by atoms with E-state index in [9.17, 15) is 0 Å². The third-order valence-electron chi connectivity index (χ3n) is 3.02. The first kappa shape index (κ1) is 12.0. The molecule has 0 aromatic rings. The lowest BCUT2D eigenvalue weighted by atomic mass is 10.1. The van der Waals surface area contributed by atoms with Crippen LogP contribution in [0.4, 0.5) is 0 Å².